The van der Waals surface area contributed by atoms with Crippen molar-refractivity contribution in [1.82, 2.24) is 15.4 Å². The Bertz CT molecular complexity index is 1190. The van der Waals surface area contributed by atoms with Gasteiger partial charge in [-0.3, -0.25) is 4.79 Å². The lowest BCUT2D eigenvalue weighted by Gasteiger charge is -2.09. The maximum absolute atomic E-state index is 12.1. The number of para-hydroxylation sites is 3. The van der Waals surface area contributed by atoms with E-state index in [1.807, 2.05) is 72.8 Å². The summed E-state index contributed by atoms with van der Waals surface area (Å²) in [4.78, 5) is 19.7. The van der Waals surface area contributed by atoms with Crippen molar-refractivity contribution in [2.24, 2.45) is 5.10 Å². The molecule has 0 aliphatic rings. The number of benzene rings is 3. The van der Waals surface area contributed by atoms with Crippen LogP contribution in [0, 0.1) is 0 Å². The van der Waals surface area contributed by atoms with Crippen LogP contribution in [-0.4, -0.2) is 27.8 Å². The summed E-state index contributed by atoms with van der Waals surface area (Å²) in [5, 5.41) is 5.42. The molecule has 31 heavy (non-hydrogen) atoms. The molecule has 0 fully saturated rings. The quantitative estimate of drug-likeness (QED) is 0.224. The number of H-pyrrole nitrogens is 1. The number of hydrazone groups is 1. The van der Waals surface area contributed by atoms with Gasteiger partial charge < -0.3 is 9.72 Å². The third kappa shape index (κ3) is 5.87. The number of ether oxygens (including phenoxy) is 1. The van der Waals surface area contributed by atoms with Crippen molar-refractivity contribution >= 4 is 46.5 Å². The molecule has 0 aliphatic carbocycles. The van der Waals surface area contributed by atoms with Crippen LogP contribution in [0.15, 0.2) is 83.1 Å². The van der Waals surface area contributed by atoms with Gasteiger partial charge in [-0.15, -0.1) is 0 Å². The highest BCUT2D eigenvalue weighted by Gasteiger charge is 2.07. The summed E-state index contributed by atoms with van der Waals surface area (Å²) in [6.07, 6.45) is 1.57. The summed E-state index contributed by atoms with van der Waals surface area (Å²) < 4.78 is 5.89. The SMILES string of the molecule is O=C(CSc1nc2ccccc2[nH]1)N/N=C/c1ccccc1OCc1cccc(Cl)c1. The van der Waals surface area contributed by atoms with Crippen LogP contribution in [0.4, 0.5) is 0 Å². The molecule has 4 rings (SSSR count). The Morgan fingerprint density at radius 3 is 2.84 bits per heavy atom. The number of nitrogens with one attached hydrogen (secondary N) is 2. The van der Waals surface area contributed by atoms with Crippen LogP contribution in [0.2, 0.25) is 5.02 Å². The molecule has 0 spiro atoms. The molecule has 1 amide bonds. The molecule has 0 unspecified atom stereocenters. The van der Waals surface area contributed by atoms with Gasteiger partial charge in [0.15, 0.2) is 5.16 Å². The highest BCUT2D eigenvalue weighted by atomic mass is 35.5. The van der Waals surface area contributed by atoms with Crippen LogP contribution in [-0.2, 0) is 11.4 Å². The zero-order valence-electron chi connectivity index (χ0n) is 16.4. The second-order valence-corrected chi connectivity index (χ2v) is 8.00. The zero-order valence-corrected chi connectivity index (χ0v) is 18.0. The van der Waals surface area contributed by atoms with E-state index in [4.69, 9.17) is 16.3 Å². The fourth-order valence-electron chi connectivity index (χ4n) is 2.84. The number of rotatable bonds is 8. The maximum Gasteiger partial charge on any atom is 0.250 e. The van der Waals surface area contributed by atoms with E-state index in [9.17, 15) is 4.79 Å². The first kappa shape index (κ1) is 21.0. The highest BCUT2D eigenvalue weighted by Crippen LogP contribution is 2.20. The number of carbonyl (C=O) groups excluding carboxylic acids is 1. The van der Waals surface area contributed by atoms with E-state index in [2.05, 4.69) is 20.5 Å². The van der Waals surface area contributed by atoms with Crippen molar-refractivity contribution < 1.29 is 9.53 Å². The molecule has 0 saturated carbocycles. The van der Waals surface area contributed by atoms with E-state index >= 15 is 0 Å². The maximum atomic E-state index is 12.1. The number of imidazole rings is 1. The predicted molar refractivity (Wildman–Crippen MR) is 125 cm³/mol. The van der Waals surface area contributed by atoms with Crippen molar-refractivity contribution in [2.45, 2.75) is 11.8 Å². The second kappa shape index (κ2) is 10.1. The third-order valence-electron chi connectivity index (χ3n) is 4.30. The Kier molecular flexibility index (Phi) is 6.86. The molecule has 0 aliphatic heterocycles. The van der Waals surface area contributed by atoms with Crippen molar-refractivity contribution in [3.8, 4) is 5.75 Å². The van der Waals surface area contributed by atoms with Crippen LogP contribution in [0.3, 0.4) is 0 Å². The second-order valence-electron chi connectivity index (χ2n) is 6.60. The summed E-state index contributed by atoms with van der Waals surface area (Å²) in [6, 6.07) is 22.7. The lowest BCUT2D eigenvalue weighted by molar-refractivity contribution is -0.118. The van der Waals surface area contributed by atoms with Crippen molar-refractivity contribution in [3.05, 3.63) is 88.9 Å². The normalized spacial score (nSPS) is 11.1. The molecule has 0 saturated heterocycles. The van der Waals surface area contributed by atoms with E-state index < -0.39 is 0 Å². The summed E-state index contributed by atoms with van der Waals surface area (Å²) in [5.74, 6) is 0.639. The van der Waals surface area contributed by atoms with Crippen LogP contribution in [0.25, 0.3) is 11.0 Å². The van der Waals surface area contributed by atoms with Crippen LogP contribution in [0.1, 0.15) is 11.1 Å². The molecule has 156 valence electrons. The van der Waals surface area contributed by atoms with Gasteiger partial charge in [-0.25, -0.2) is 10.4 Å². The van der Waals surface area contributed by atoms with E-state index in [0.717, 1.165) is 22.2 Å². The fraction of sp³-hybridized carbons (Fsp3) is 0.0870. The first-order valence-electron chi connectivity index (χ1n) is 9.53. The van der Waals surface area contributed by atoms with Gasteiger partial charge in [-0.05, 0) is 42.0 Å². The summed E-state index contributed by atoms with van der Waals surface area (Å²) >= 11 is 7.34. The lowest BCUT2D eigenvalue weighted by atomic mass is 10.2. The number of nitrogens with zero attached hydrogens (tertiary/aromatic N) is 2. The molecular weight excluding hydrogens is 432 g/mol. The van der Waals surface area contributed by atoms with Gasteiger partial charge in [-0.2, -0.15) is 5.10 Å². The lowest BCUT2D eigenvalue weighted by Crippen LogP contribution is -2.19. The molecule has 0 bridgehead atoms. The molecule has 0 atom stereocenters. The molecule has 4 aromatic rings. The fourth-order valence-corrected chi connectivity index (χ4v) is 3.73. The largest absolute Gasteiger partial charge is 0.488 e. The number of aromatic nitrogens is 2. The van der Waals surface area contributed by atoms with Gasteiger partial charge in [-0.1, -0.05) is 59.8 Å². The number of fused-ring (bicyclic) bond motifs is 1. The van der Waals surface area contributed by atoms with Crippen LogP contribution < -0.4 is 10.2 Å². The Balaban J connectivity index is 1.30. The first-order chi connectivity index (χ1) is 15.2. The number of thioether (sulfide) groups is 1. The van der Waals surface area contributed by atoms with Gasteiger partial charge in [0.2, 0.25) is 0 Å². The third-order valence-corrected chi connectivity index (χ3v) is 5.41. The molecule has 8 heteroatoms. The smallest absolute Gasteiger partial charge is 0.250 e. The standard InChI is InChI=1S/C23H19ClN4O2S/c24-18-8-5-6-16(12-18)14-30-21-11-4-1-7-17(21)13-25-28-22(29)15-31-23-26-19-9-2-3-10-20(19)27-23/h1-13H,14-15H2,(H,26,27)(H,28,29)/b25-13+. The Morgan fingerprint density at radius 2 is 1.97 bits per heavy atom. The number of hydrogen-bond donors (Lipinski definition) is 2. The minimum Gasteiger partial charge on any atom is -0.488 e. The molecule has 2 N–H and O–H groups in total. The molecular formula is C23H19ClN4O2S. The molecule has 6 nitrogen and oxygen atoms in total. The number of halogens is 1. The zero-order chi connectivity index (χ0) is 21.5. The molecule has 1 aromatic heterocycles. The van der Waals surface area contributed by atoms with Crippen LogP contribution in [0.5, 0.6) is 5.75 Å². The molecule has 3 aromatic carbocycles. The summed E-state index contributed by atoms with van der Waals surface area (Å²) in [6.45, 7) is 0.381. The topological polar surface area (TPSA) is 79.4 Å². The number of amides is 1. The number of carbonyl (C=O) groups is 1. The van der Waals surface area contributed by atoms with Gasteiger partial charge in [0.05, 0.1) is 23.0 Å². The minimum absolute atomic E-state index is 0.198. The summed E-state index contributed by atoms with van der Waals surface area (Å²) in [5.41, 5.74) is 6.08. The summed E-state index contributed by atoms with van der Waals surface area (Å²) in [7, 11) is 0. The average molecular weight is 451 g/mol. The van der Waals surface area contributed by atoms with Crippen LogP contribution >= 0.6 is 23.4 Å². The van der Waals surface area contributed by atoms with E-state index in [1.165, 1.54) is 11.8 Å². The Hall–Kier alpha value is -3.29. The van der Waals surface area contributed by atoms with Crippen molar-refractivity contribution in [2.75, 3.05) is 5.75 Å². The average Bonchev–Trinajstić information content (AvgIpc) is 3.20. The van der Waals surface area contributed by atoms with Gasteiger partial charge in [0.25, 0.3) is 5.91 Å². The van der Waals surface area contributed by atoms with Gasteiger partial charge >= 0.3 is 0 Å². The predicted octanol–water partition coefficient (Wildman–Crippen LogP) is 5.04. The van der Waals surface area contributed by atoms with E-state index in [0.29, 0.717) is 22.5 Å². The highest BCUT2D eigenvalue weighted by molar-refractivity contribution is 7.99. The number of hydrogen-bond acceptors (Lipinski definition) is 5. The molecule has 0 radical (unpaired) electrons. The molecule has 1 heterocycles. The minimum atomic E-state index is -0.223. The van der Waals surface area contributed by atoms with Crippen molar-refractivity contribution in [1.29, 1.82) is 0 Å². The Labute approximate surface area is 188 Å². The Morgan fingerprint density at radius 1 is 1.13 bits per heavy atom. The van der Waals surface area contributed by atoms with E-state index in [-0.39, 0.29) is 11.7 Å². The monoisotopic (exact) mass is 450 g/mol. The number of aromatic amines is 1. The first-order valence-corrected chi connectivity index (χ1v) is 10.9. The van der Waals surface area contributed by atoms with Crippen molar-refractivity contribution in [3.63, 3.8) is 0 Å². The van der Waals surface area contributed by atoms with Gasteiger partial charge in [0, 0.05) is 10.6 Å². The van der Waals surface area contributed by atoms with Gasteiger partial charge in [0.1, 0.15) is 12.4 Å². The van der Waals surface area contributed by atoms with E-state index in [1.54, 1.807) is 6.21 Å².